The molecule has 0 atom stereocenters. The maximum atomic E-state index is 11.1. The molecule has 0 radical (unpaired) electrons. The van der Waals surface area contributed by atoms with Crippen molar-refractivity contribution in [1.29, 1.82) is 0 Å². The molecule has 0 saturated carbocycles. The average molecular weight is 324 g/mol. The molecular formula is C14H22NaO3PS. The molecule has 6 heteroatoms. The monoisotopic (exact) mass is 324 g/mol. The quantitative estimate of drug-likeness (QED) is 0.393. The van der Waals surface area contributed by atoms with Crippen molar-refractivity contribution in [2.45, 2.75) is 44.4 Å². The second-order valence-electron chi connectivity index (χ2n) is 4.65. The Bertz CT molecular complexity index is 483. The van der Waals surface area contributed by atoms with Gasteiger partial charge in [0.15, 0.2) is 0 Å². The number of unbranched alkanes of at least 4 members (excludes halogenated alkanes) is 2. The van der Waals surface area contributed by atoms with Crippen molar-refractivity contribution in [2.24, 2.45) is 0 Å². The minimum absolute atomic E-state index is 0. The van der Waals surface area contributed by atoms with Gasteiger partial charge >= 0.3 is 29.6 Å². The number of benzene rings is 1. The third-order valence-electron chi connectivity index (χ3n) is 3.03. The first-order valence-electron chi connectivity index (χ1n) is 6.80. The summed E-state index contributed by atoms with van der Waals surface area (Å²) < 4.78 is 33.3. The zero-order chi connectivity index (χ0) is 14.3. The number of rotatable bonds is 8. The Hall–Kier alpha value is 0.560. The van der Waals surface area contributed by atoms with E-state index < -0.39 is 10.1 Å². The van der Waals surface area contributed by atoms with Crippen LogP contribution in [-0.4, -0.2) is 25.3 Å². The topological polar surface area (TPSA) is 57.2 Å². The van der Waals surface area contributed by atoms with Crippen molar-refractivity contribution in [1.82, 2.24) is 0 Å². The molecule has 0 fully saturated rings. The van der Waals surface area contributed by atoms with Crippen molar-refractivity contribution >= 4 is 23.3 Å². The van der Waals surface area contributed by atoms with Crippen LogP contribution < -0.4 is 34.9 Å². The molecule has 108 valence electrons. The first kappa shape index (κ1) is 20.6. The summed E-state index contributed by atoms with van der Waals surface area (Å²) in [6.45, 7) is 4.32. The zero-order valence-corrected chi connectivity index (χ0v) is 16.3. The standard InChI is InChI=1S/C14H23O3PS.Na/c1-3-5-10-18(11-6-4-2)13-8-7-9-14(12-13)19(15,16)17;/h7-9,12H,3-6,10-11H2,1-2H3,(H,15,16,17);/q;+1/p-1. The van der Waals surface area contributed by atoms with Gasteiger partial charge in [0.1, 0.15) is 10.1 Å². The van der Waals surface area contributed by atoms with E-state index >= 15 is 0 Å². The molecule has 0 aromatic heterocycles. The largest absolute Gasteiger partial charge is 1.00 e. The summed E-state index contributed by atoms with van der Waals surface area (Å²) >= 11 is 0. The third kappa shape index (κ3) is 7.02. The predicted molar refractivity (Wildman–Crippen MR) is 80.5 cm³/mol. The molecule has 0 N–H and O–H groups in total. The van der Waals surface area contributed by atoms with Crippen molar-refractivity contribution in [3.05, 3.63) is 24.3 Å². The molecule has 1 aromatic carbocycles. The fourth-order valence-corrected chi connectivity index (χ4v) is 5.26. The molecule has 1 rings (SSSR count). The molecule has 0 aliphatic rings. The third-order valence-corrected chi connectivity index (χ3v) is 6.59. The van der Waals surface area contributed by atoms with Gasteiger partial charge in [-0.2, -0.15) is 0 Å². The van der Waals surface area contributed by atoms with Crippen molar-refractivity contribution < 1.29 is 42.5 Å². The molecule has 3 nitrogen and oxygen atoms in total. The fourth-order valence-electron chi connectivity index (χ4n) is 1.90. The van der Waals surface area contributed by atoms with Crippen molar-refractivity contribution in [3.63, 3.8) is 0 Å². The molecule has 0 amide bonds. The van der Waals surface area contributed by atoms with Gasteiger partial charge in [-0.05, 0) is 42.6 Å². The first-order valence-corrected chi connectivity index (χ1v) is 9.92. The zero-order valence-electron chi connectivity index (χ0n) is 12.6. The first-order chi connectivity index (χ1) is 8.99. The molecule has 0 unspecified atom stereocenters. The molecule has 20 heavy (non-hydrogen) atoms. The Balaban J connectivity index is 0.00000361. The van der Waals surface area contributed by atoms with E-state index in [1.54, 1.807) is 12.1 Å². The van der Waals surface area contributed by atoms with E-state index in [4.69, 9.17) is 0 Å². The molecule has 1 aromatic rings. The van der Waals surface area contributed by atoms with E-state index in [-0.39, 0.29) is 42.4 Å². The molecule has 0 aliphatic heterocycles. The van der Waals surface area contributed by atoms with Crippen molar-refractivity contribution in [3.8, 4) is 0 Å². The van der Waals surface area contributed by atoms with E-state index in [2.05, 4.69) is 13.8 Å². The van der Waals surface area contributed by atoms with E-state index in [0.29, 0.717) is 0 Å². The summed E-state index contributed by atoms with van der Waals surface area (Å²) in [6.07, 6.45) is 6.84. The van der Waals surface area contributed by atoms with Crippen LogP contribution in [0.1, 0.15) is 39.5 Å². The summed E-state index contributed by atoms with van der Waals surface area (Å²) in [5.41, 5.74) is 0. The molecular weight excluding hydrogens is 302 g/mol. The maximum Gasteiger partial charge on any atom is 1.00 e. The normalized spacial score (nSPS) is 11.4. The summed E-state index contributed by atoms with van der Waals surface area (Å²) in [4.78, 5) is -0.0921. The minimum Gasteiger partial charge on any atom is -0.744 e. The summed E-state index contributed by atoms with van der Waals surface area (Å²) in [7, 11) is -4.67. The summed E-state index contributed by atoms with van der Waals surface area (Å²) in [5, 5.41) is 1.05. The van der Waals surface area contributed by atoms with Crippen LogP contribution in [0.2, 0.25) is 0 Å². The van der Waals surface area contributed by atoms with E-state index in [9.17, 15) is 13.0 Å². The Morgan fingerprint density at radius 1 is 1.10 bits per heavy atom. The average Bonchev–Trinajstić information content (AvgIpc) is 2.38. The van der Waals surface area contributed by atoms with Crippen LogP contribution in [0.15, 0.2) is 29.2 Å². The van der Waals surface area contributed by atoms with Gasteiger partial charge in [-0.25, -0.2) is 8.42 Å². The van der Waals surface area contributed by atoms with E-state index in [1.165, 1.54) is 6.07 Å². The van der Waals surface area contributed by atoms with Crippen LogP contribution in [0.4, 0.5) is 0 Å². The van der Waals surface area contributed by atoms with Gasteiger partial charge in [-0.15, -0.1) is 0 Å². The fraction of sp³-hybridized carbons (Fsp3) is 0.571. The van der Waals surface area contributed by atoms with Crippen LogP contribution in [0.25, 0.3) is 0 Å². The van der Waals surface area contributed by atoms with Gasteiger partial charge < -0.3 is 4.55 Å². The Morgan fingerprint density at radius 3 is 2.10 bits per heavy atom. The van der Waals surface area contributed by atoms with Crippen LogP contribution in [-0.2, 0) is 10.1 Å². The summed E-state index contributed by atoms with van der Waals surface area (Å²) in [5.74, 6) is 0. The molecule has 0 bridgehead atoms. The number of hydrogen-bond acceptors (Lipinski definition) is 3. The Kier molecular flexibility index (Phi) is 10.6. The van der Waals surface area contributed by atoms with Gasteiger partial charge in [0.2, 0.25) is 0 Å². The molecule has 0 heterocycles. The minimum atomic E-state index is -4.34. The van der Waals surface area contributed by atoms with Gasteiger partial charge in [0, 0.05) is 0 Å². The molecule has 0 saturated heterocycles. The van der Waals surface area contributed by atoms with E-state index in [1.807, 2.05) is 6.07 Å². The Labute approximate surface area is 146 Å². The second-order valence-corrected chi connectivity index (χ2v) is 8.52. The number of hydrogen-bond donors (Lipinski definition) is 0. The molecule has 0 aliphatic carbocycles. The van der Waals surface area contributed by atoms with Crippen LogP contribution in [0.3, 0.4) is 0 Å². The van der Waals surface area contributed by atoms with Gasteiger partial charge in [0.25, 0.3) is 0 Å². The van der Waals surface area contributed by atoms with Crippen LogP contribution in [0.5, 0.6) is 0 Å². The summed E-state index contributed by atoms with van der Waals surface area (Å²) in [6, 6.07) is 6.62. The van der Waals surface area contributed by atoms with Gasteiger partial charge in [-0.3, -0.25) is 0 Å². The maximum absolute atomic E-state index is 11.1. The van der Waals surface area contributed by atoms with Gasteiger partial charge in [-0.1, -0.05) is 46.7 Å². The SMILES string of the molecule is CCCCP(CCCC)c1cccc(S(=O)(=O)[O-])c1.[Na+]. The molecule has 0 spiro atoms. The van der Waals surface area contributed by atoms with Crippen LogP contribution >= 0.6 is 7.92 Å². The van der Waals surface area contributed by atoms with Crippen molar-refractivity contribution in [2.75, 3.05) is 12.3 Å². The van der Waals surface area contributed by atoms with Crippen LogP contribution in [0, 0.1) is 0 Å². The smallest absolute Gasteiger partial charge is 0.744 e. The van der Waals surface area contributed by atoms with Gasteiger partial charge in [0.05, 0.1) is 4.90 Å². The second kappa shape index (κ2) is 10.3. The predicted octanol–water partition coefficient (Wildman–Crippen LogP) is 0.302. The Morgan fingerprint density at radius 2 is 1.65 bits per heavy atom. The van der Waals surface area contributed by atoms with E-state index in [0.717, 1.165) is 43.3 Å².